The van der Waals surface area contributed by atoms with E-state index in [1.54, 1.807) is 6.07 Å². The smallest absolute Gasteiger partial charge is 0.476 e. The quantitative estimate of drug-likeness (QED) is 0.474. The molecule has 188 valence electrons. The van der Waals surface area contributed by atoms with Crippen molar-refractivity contribution in [2.45, 2.75) is 19.5 Å². The zero-order valence-electron chi connectivity index (χ0n) is 19.1. The summed E-state index contributed by atoms with van der Waals surface area (Å²) in [5, 5.41) is 13.1. The summed E-state index contributed by atoms with van der Waals surface area (Å²) < 4.78 is 43.0. The van der Waals surface area contributed by atoms with Crippen LogP contribution in [-0.4, -0.2) is 51.5 Å². The van der Waals surface area contributed by atoms with Gasteiger partial charge in [0.2, 0.25) is 0 Å². The minimum absolute atomic E-state index is 0.120. The number of likely N-dealkylation sites (tertiary alicyclic amines) is 1. The van der Waals surface area contributed by atoms with Gasteiger partial charge in [-0.2, -0.15) is 0 Å². The molecule has 0 spiro atoms. The number of fused-ring (bicyclic) bond motifs is 1. The van der Waals surface area contributed by atoms with E-state index in [1.807, 2.05) is 6.07 Å². The minimum Gasteiger partial charge on any atom is -0.476 e. The number of aryl methyl sites for hydroxylation is 1. The molecule has 3 aromatic rings. The molecule has 11 heteroatoms. The van der Waals surface area contributed by atoms with Gasteiger partial charge in [0.1, 0.15) is 5.75 Å². The topological polar surface area (TPSA) is 79.6 Å². The van der Waals surface area contributed by atoms with Gasteiger partial charge in [0.05, 0.1) is 5.51 Å². The molecule has 2 atom stereocenters. The normalized spacial score (nSPS) is 21.2. The molecular weight excluding hydrogens is 481 g/mol. The summed E-state index contributed by atoms with van der Waals surface area (Å²) in [6, 6.07) is 10.4. The number of hydrogen-bond donors (Lipinski definition) is 2. The van der Waals surface area contributed by atoms with Crippen LogP contribution in [0.5, 0.6) is 5.75 Å². The SMILES string of the molecule is Cn1cccc1CN1CC2C(CNCc3cccc(OC(F)(F)F)c3)C2C1.O=C(O)c1cscn1. The fourth-order valence-corrected chi connectivity index (χ4v) is 5.14. The number of rotatable bonds is 8. The molecule has 1 saturated heterocycles. The third-order valence-electron chi connectivity index (χ3n) is 6.38. The second kappa shape index (κ2) is 10.8. The third kappa shape index (κ3) is 7.06. The predicted octanol–water partition coefficient (Wildman–Crippen LogP) is 4.23. The Morgan fingerprint density at radius 3 is 2.60 bits per heavy atom. The molecule has 0 amide bonds. The van der Waals surface area contributed by atoms with Gasteiger partial charge >= 0.3 is 12.3 Å². The standard InChI is InChI=1S/C20H24F3N3O.C4H3NO2S/c1-25-7-3-5-15(25)11-26-12-18-17(19(18)13-26)10-24-9-14-4-2-6-16(8-14)27-20(21,22)23;6-4(7)3-1-8-2-5-3/h2-8,17-19,24H,9-13H2,1H3;1-2H,(H,6,7). The maximum atomic E-state index is 12.3. The van der Waals surface area contributed by atoms with E-state index in [9.17, 15) is 18.0 Å². The van der Waals surface area contributed by atoms with Crippen LogP contribution in [0.4, 0.5) is 13.2 Å². The van der Waals surface area contributed by atoms with Crippen molar-refractivity contribution in [3.8, 4) is 5.75 Å². The lowest BCUT2D eigenvalue weighted by Crippen LogP contribution is -2.28. The zero-order valence-corrected chi connectivity index (χ0v) is 19.9. The van der Waals surface area contributed by atoms with E-state index in [0.717, 1.165) is 43.6 Å². The zero-order chi connectivity index (χ0) is 25.0. The molecule has 35 heavy (non-hydrogen) atoms. The maximum Gasteiger partial charge on any atom is 0.573 e. The molecule has 2 aliphatic rings. The van der Waals surface area contributed by atoms with Crippen LogP contribution >= 0.6 is 11.3 Å². The summed E-state index contributed by atoms with van der Waals surface area (Å²) in [5.74, 6) is 1.05. The van der Waals surface area contributed by atoms with Crippen molar-refractivity contribution < 1.29 is 27.8 Å². The summed E-state index contributed by atoms with van der Waals surface area (Å²) in [5.41, 5.74) is 3.75. The number of hydrogen-bond acceptors (Lipinski definition) is 6. The number of halogens is 3. The van der Waals surface area contributed by atoms with Crippen LogP contribution in [0.25, 0.3) is 0 Å². The molecular formula is C24H27F3N4O3S. The van der Waals surface area contributed by atoms with Crippen LogP contribution in [0.3, 0.4) is 0 Å². The summed E-state index contributed by atoms with van der Waals surface area (Å²) >= 11 is 1.28. The van der Waals surface area contributed by atoms with Crippen molar-refractivity contribution in [3.63, 3.8) is 0 Å². The number of carboxylic acid groups (broad SMARTS) is 1. The first-order chi connectivity index (χ1) is 16.7. The van der Waals surface area contributed by atoms with Crippen LogP contribution in [-0.2, 0) is 20.1 Å². The Morgan fingerprint density at radius 2 is 2.03 bits per heavy atom. The molecule has 2 aromatic heterocycles. The molecule has 1 aliphatic heterocycles. The molecule has 2 fully saturated rings. The van der Waals surface area contributed by atoms with E-state index in [0.29, 0.717) is 12.5 Å². The van der Waals surface area contributed by atoms with Gasteiger partial charge in [0.15, 0.2) is 5.69 Å². The van der Waals surface area contributed by atoms with Gasteiger partial charge in [-0.05, 0) is 54.1 Å². The van der Waals surface area contributed by atoms with Crippen LogP contribution in [0.15, 0.2) is 53.5 Å². The fourth-order valence-electron chi connectivity index (χ4n) is 4.61. The number of benzene rings is 1. The van der Waals surface area contributed by atoms with Gasteiger partial charge in [-0.3, -0.25) is 4.90 Å². The molecule has 2 unspecified atom stereocenters. The van der Waals surface area contributed by atoms with E-state index in [1.165, 1.54) is 40.1 Å². The Kier molecular flexibility index (Phi) is 7.78. The van der Waals surface area contributed by atoms with Crippen LogP contribution in [0.2, 0.25) is 0 Å². The van der Waals surface area contributed by atoms with E-state index >= 15 is 0 Å². The highest BCUT2D eigenvalue weighted by Gasteiger charge is 2.54. The van der Waals surface area contributed by atoms with E-state index in [4.69, 9.17) is 5.11 Å². The molecule has 1 saturated carbocycles. The van der Waals surface area contributed by atoms with Gasteiger partial charge in [-0.15, -0.1) is 24.5 Å². The number of nitrogens with one attached hydrogen (secondary N) is 1. The van der Waals surface area contributed by atoms with E-state index in [2.05, 4.69) is 49.9 Å². The highest BCUT2D eigenvalue weighted by atomic mass is 32.1. The van der Waals surface area contributed by atoms with Crippen LogP contribution in [0.1, 0.15) is 21.7 Å². The number of aromatic carboxylic acids is 1. The Morgan fingerprint density at radius 1 is 1.26 bits per heavy atom. The lowest BCUT2D eigenvalue weighted by molar-refractivity contribution is -0.274. The number of thiazole rings is 1. The molecule has 1 aliphatic carbocycles. The van der Waals surface area contributed by atoms with Crippen molar-refractivity contribution in [2.24, 2.45) is 24.8 Å². The first kappa shape index (κ1) is 25.2. The predicted molar refractivity (Wildman–Crippen MR) is 125 cm³/mol. The highest BCUT2D eigenvalue weighted by Crippen LogP contribution is 2.51. The van der Waals surface area contributed by atoms with Gasteiger partial charge in [0, 0.05) is 50.5 Å². The summed E-state index contributed by atoms with van der Waals surface area (Å²) in [4.78, 5) is 16.1. The maximum absolute atomic E-state index is 12.3. The lowest BCUT2D eigenvalue weighted by atomic mass is 10.2. The summed E-state index contributed by atoms with van der Waals surface area (Å²) in [6.45, 7) is 4.74. The first-order valence-corrected chi connectivity index (χ1v) is 12.1. The van der Waals surface area contributed by atoms with Gasteiger partial charge < -0.3 is 19.7 Å². The molecule has 0 radical (unpaired) electrons. The average Bonchev–Trinajstić information content (AvgIpc) is 3.29. The Bertz CT molecular complexity index is 1110. The highest BCUT2D eigenvalue weighted by molar-refractivity contribution is 7.07. The van der Waals surface area contributed by atoms with Crippen molar-refractivity contribution >= 4 is 17.3 Å². The Labute approximate surface area is 205 Å². The molecule has 0 bridgehead atoms. The number of piperidine rings is 1. The molecule has 7 nitrogen and oxygen atoms in total. The van der Waals surface area contributed by atoms with Gasteiger partial charge in [-0.1, -0.05) is 12.1 Å². The molecule has 5 rings (SSSR count). The fraction of sp³-hybridized carbons (Fsp3) is 0.417. The lowest BCUT2D eigenvalue weighted by Gasteiger charge is -2.20. The van der Waals surface area contributed by atoms with E-state index < -0.39 is 12.3 Å². The number of carboxylic acids is 1. The van der Waals surface area contributed by atoms with Crippen molar-refractivity contribution in [1.82, 2.24) is 19.8 Å². The Hall–Kier alpha value is -2.89. The Balaban J connectivity index is 0.000000308. The van der Waals surface area contributed by atoms with E-state index in [-0.39, 0.29) is 11.4 Å². The van der Waals surface area contributed by atoms with Gasteiger partial charge in [-0.25, -0.2) is 9.78 Å². The van der Waals surface area contributed by atoms with Crippen molar-refractivity contribution in [1.29, 1.82) is 0 Å². The number of aromatic nitrogens is 2. The van der Waals surface area contributed by atoms with Gasteiger partial charge in [0.25, 0.3) is 0 Å². The first-order valence-electron chi connectivity index (χ1n) is 11.2. The molecule has 2 N–H and O–H groups in total. The second-order valence-corrected chi connectivity index (χ2v) is 9.52. The van der Waals surface area contributed by atoms with Crippen LogP contribution in [0, 0.1) is 17.8 Å². The van der Waals surface area contributed by atoms with Crippen molar-refractivity contribution in [3.05, 3.63) is 70.4 Å². The number of carbonyl (C=O) groups is 1. The molecule has 1 aromatic carbocycles. The summed E-state index contributed by atoms with van der Waals surface area (Å²) in [7, 11) is 2.08. The monoisotopic (exact) mass is 508 g/mol. The third-order valence-corrected chi connectivity index (χ3v) is 6.96. The number of ether oxygens (including phenoxy) is 1. The van der Waals surface area contributed by atoms with Crippen molar-refractivity contribution in [2.75, 3.05) is 19.6 Å². The largest absolute Gasteiger partial charge is 0.573 e. The minimum atomic E-state index is -4.65. The number of nitrogens with zero attached hydrogens (tertiary/aromatic N) is 3. The summed E-state index contributed by atoms with van der Waals surface area (Å²) in [6.07, 6.45) is -2.57. The van der Waals surface area contributed by atoms with Crippen LogP contribution < -0.4 is 10.1 Å². The number of alkyl halides is 3. The molecule has 3 heterocycles. The second-order valence-electron chi connectivity index (χ2n) is 8.80. The average molecular weight is 509 g/mol.